The van der Waals surface area contributed by atoms with Crippen LogP contribution in [0.5, 0.6) is 5.75 Å². The predicted molar refractivity (Wildman–Crippen MR) is 242 cm³/mol. The number of anilines is 1. The maximum atomic E-state index is 13.3. The molecule has 0 aliphatic carbocycles. The number of fused-ring (bicyclic) bond motifs is 2. The number of allylic oxidation sites excluding steroid dienone is 1. The fourth-order valence-electron chi connectivity index (χ4n) is 9.17. The quantitative estimate of drug-likeness (QED) is 0.0760. The van der Waals surface area contributed by atoms with Gasteiger partial charge < -0.3 is 29.4 Å². The molecule has 3 aliphatic heterocycles. The molecular formula is C48H55ClN8O6. The molecule has 0 bridgehead atoms. The highest BCUT2D eigenvalue weighted by molar-refractivity contribution is 6.32. The van der Waals surface area contributed by atoms with Crippen LogP contribution in [0.4, 0.5) is 5.69 Å². The topological polar surface area (TPSA) is 155 Å². The fourth-order valence-corrected chi connectivity index (χ4v) is 9.45. The molecule has 2 saturated heterocycles. The molecule has 4 amide bonds. The van der Waals surface area contributed by atoms with Crippen LogP contribution in [0.1, 0.15) is 89.0 Å². The van der Waals surface area contributed by atoms with Crippen LogP contribution in [0.25, 0.3) is 22.2 Å². The number of carbonyl (C=O) groups is 4. The van der Waals surface area contributed by atoms with Crippen molar-refractivity contribution in [3.8, 4) is 16.9 Å². The molecule has 5 heterocycles. The lowest BCUT2D eigenvalue weighted by molar-refractivity contribution is -0.133. The van der Waals surface area contributed by atoms with E-state index in [1.165, 1.54) is 0 Å². The SMILES string of the molecule is C=C1CCC(N2C(=O)c3ccc(NCCCCCC(=O)N4CCN([C@@H](C)Cn5c(CCc6ccc(OC)c(Cl)c6)nc6cc(-c7c(C)noc7C)ccc65)CC4)cc3C2=O)C(=O)N1. The Balaban J connectivity index is 0.813. The molecule has 8 rings (SSSR count). The highest BCUT2D eigenvalue weighted by atomic mass is 35.5. The lowest BCUT2D eigenvalue weighted by atomic mass is 10.0. The van der Waals surface area contributed by atoms with Gasteiger partial charge in [0.25, 0.3) is 11.8 Å². The standard InChI is InChI=1S/C48H55ClN8O6/c1-29-10-16-41(46(59)51-29)57-47(60)36-15-14-35(27-37(36)48(57)61)50-20-8-6-7-9-44(58)55-23-21-54(22-24-55)30(2)28-56-40-17-13-34(45-31(3)53-63-32(45)4)26-39(40)52-43(56)19-12-33-11-18-42(62-5)38(49)25-33/h11,13-15,17-18,25-27,30,41,50H,1,6-10,12,16,19-24,28H2,2-5H3,(H,51,59)/t30-,41?/m0/s1. The molecular weight excluding hydrogens is 820 g/mol. The number of methoxy groups -OCH3 is 1. The van der Waals surface area contributed by atoms with E-state index in [2.05, 4.69) is 57.0 Å². The summed E-state index contributed by atoms with van der Waals surface area (Å²) in [5, 5.41) is 10.8. The van der Waals surface area contributed by atoms with Crippen LogP contribution in [0.2, 0.25) is 5.02 Å². The average Bonchev–Trinajstić information content (AvgIpc) is 3.88. The van der Waals surface area contributed by atoms with Crippen LogP contribution < -0.4 is 15.4 Å². The van der Waals surface area contributed by atoms with Gasteiger partial charge in [-0.2, -0.15) is 0 Å². The first-order valence-electron chi connectivity index (χ1n) is 21.9. The van der Waals surface area contributed by atoms with Crippen LogP contribution in [0.15, 0.2) is 71.4 Å². The Morgan fingerprint density at radius 2 is 1.78 bits per heavy atom. The number of ether oxygens (including phenoxy) is 1. The Morgan fingerprint density at radius 1 is 0.984 bits per heavy atom. The van der Waals surface area contributed by atoms with E-state index >= 15 is 0 Å². The van der Waals surface area contributed by atoms with Crippen molar-refractivity contribution in [2.45, 2.75) is 90.8 Å². The Kier molecular flexibility index (Phi) is 13.0. The lowest BCUT2D eigenvalue weighted by Crippen LogP contribution is -2.52. The Hall–Kier alpha value is -5.99. The second-order valence-corrected chi connectivity index (χ2v) is 17.3. The molecule has 63 heavy (non-hydrogen) atoms. The van der Waals surface area contributed by atoms with Gasteiger partial charge in [0.1, 0.15) is 23.4 Å². The van der Waals surface area contributed by atoms with E-state index in [-0.39, 0.29) is 17.9 Å². The van der Waals surface area contributed by atoms with E-state index in [0.717, 1.165) is 107 Å². The zero-order chi connectivity index (χ0) is 44.4. The minimum absolute atomic E-state index is 0.188. The molecule has 2 N–H and O–H groups in total. The van der Waals surface area contributed by atoms with Gasteiger partial charge in [-0.05, 0) is 106 Å². The van der Waals surface area contributed by atoms with E-state index in [1.807, 2.05) is 36.9 Å². The maximum Gasteiger partial charge on any atom is 0.262 e. The molecule has 2 fully saturated rings. The molecule has 0 saturated carbocycles. The van der Waals surface area contributed by atoms with Crippen LogP contribution in [-0.2, 0) is 29.0 Å². The summed E-state index contributed by atoms with van der Waals surface area (Å²) in [5.41, 5.74) is 7.94. The number of rotatable bonds is 16. The number of nitrogens with zero attached hydrogens (tertiary/aromatic N) is 6. The van der Waals surface area contributed by atoms with Gasteiger partial charge in [0.2, 0.25) is 11.8 Å². The summed E-state index contributed by atoms with van der Waals surface area (Å²) in [4.78, 5) is 62.8. The Labute approximate surface area is 372 Å². The third-order valence-corrected chi connectivity index (χ3v) is 13.0. The van der Waals surface area contributed by atoms with Crippen molar-refractivity contribution < 1.29 is 28.4 Å². The number of halogens is 1. The number of imide groups is 1. The molecule has 14 nitrogen and oxygen atoms in total. The van der Waals surface area contributed by atoms with Crippen molar-refractivity contribution in [1.82, 2.24) is 34.7 Å². The summed E-state index contributed by atoms with van der Waals surface area (Å²) in [5.74, 6) is 1.36. The second-order valence-electron chi connectivity index (χ2n) is 16.9. The van der Waals surface area contributed by atoms with Crippen molar-refractivity contribution >= 4 is 52.0 Å². The number of nitrogens with one attached hydrogen (secondary N) is 2. The van der Waals surface area contributed by atoms with Crippen molar-refractivity contribution in [3.05, 3.63) is 106 Å². The summed E-state index contributed by atoms with van der Waals surface area (Å²) in [6, 6.07) is 16.8. The predicted octanol–water partition coefficient (Wildman–Crippen LogP) is 7.35. The summed E-state index contributed by atoms with van der Waals surface area (Å²) in [7, 11) is 1.62. The number of piperazine rings is 1. The number of piperidine rings is 1. The summed E-state index contributed by atoms with van der Waals surface area (Å²) in [6.07, 6.45) is 5.41. The molecule has 15 heteroatoms. The molecule has 330 valence electrons. The van der Waals surface area contributed by atoms with Gasteiger partial charge in [0, 0.05) is 75.1 Å². The smallest absolute Gasteiger partial charge is 0.262 e. The van der Waals surface area contributed by atoms with Crippen LogP contribution in [-0.4, -0.2) is 105 Å². The average molecular weight is 875 g/mol. The van der Waals surface area contributed by atoms with Crippen molar-refractivity contribution in [2.24, 2.45) is 0 Å². The fraction of sp³-hybridized carbons (Fsp3) is 0.417. The zero-order valence-corrected chi connectivity index (χ0v) is 37.2. The molecule has 2 aromatic heterocycles. The Bertz CT molecular complexity index is 2550. The summed E-state index contributed by atoms with van der Waals surface area (Å²) in [6.45, 7) is 14.3. The van der Waals surface area contributed by atoms with E-state index < -0.39 is 17.9 Å². The number of amides is 4. The minimum Gasteiger partial charge on any atom is -0.495 e. The summed E-state index contributed by atoms with van der Waals surface area (Å²) < 4.78 is 13.2. The molecule has 3 aliphatic rings. The van der Waals surface area contributed by atoms with Gasteiger partial charge in [-0.15, -0.1) is 0 Å². The van der Waals surface area contributed by atoms with Gasteiger partial charge in [0.15, 0.2) is 0 Å². The molecule has 2 atom stereocenters. The second kappa shape index (κ2) is 18.8. The summed E-state index contributed by atoms with van der Waals surface area (Å²) >= 11 is 6.47. The first-order chi connectivity index (χ1) is 30.4. The van der Waals surface area contributed by atoms with Crippen LogP contribution in [0.3, 0.4) is 0 Å². The third kappa shape index (κ3) is 9.24. The van der Waals surface area contributed by atoms with Gasteiger partial charge in [-0.1, -0.05) is 41.9 Å². The van der Waals surface area contributed by atoms with Gasteiger partial charge in [0.05, 0.1) is 40.0 Å². The van der Waals surface area contributed by atoms with Gasteiger partial charge in [-0.3, -0.25) is 29.0 Å². The van der Waals surface area contributed by atoms with Gasteiger partial charge in [-0.25, -0.2) is 4.98 Å². The van der Waals surface area contributed by atoms with E-state index in [4.69, 9.17) is 25.8 Å². The largest absolute Gasteiger partial charge is 0.495 e. The van der Waals surface area contributed by atoms with E-state index in [1.54, 1.807) is 25.3 Å². The number of benzene rings is 3. The number of hydrogen-bond donors (Lipinski definition) is 2. The van der Waals surface area contributed by atoms with Crippen molar-refractivity contribution in [2.75, 3.05) is 45.2 Å². The van der Waals surface area contributed by atoms with E-state index in [9.17, 15) is 19.2 Å². The third-order valence-electron chi connectivity index (χ3n) is 12.7. The number of carbonyl (C=O) groups excluding carboxylic acids is 4. The number of aromatic nitrogens is 3. The minimum atomic E-state index is -0.836. The van der Waals surface area contributed by atoms with Crippen LogP contribution >= 0.6 is 11.6 Å². The first kappa shape index (κ1) is 43.7. The van der Waals surface area contributed by atoms with Crippen molar-refractivity contribution in [3.63, 3.8) is 0 Å². The number of unbranched alkanes of at least 4 members (excludes halogenated alkanes) is 2. The molecule has 0 radical (unpaired) electrons. The monoisotopic (exact) mass is 874 g/mol. The van der Waals surface area contributed by atoms with Crippen LogP contribution in [0, 0.1) is 13.8 Å². The molecule has 0 spiro atoms. The lowest BCUT2D eigenvalue weighted by Gasteiger charge is -2.38. The molecule has 5 aromatic rings. The molecule has 1 unspecified atom stereocenters. The maximum absolute atomic E-state index is 13.3. The zero-order valence-electron chi connectivity index (χ0n) is 36.5. The number of imidazole rings is 1. The highest BCUT2D eigenvalue weighted by Crippen LogP contribution is 2.33. The van der Waals surface area contributed by atoms with Gasteiger partial charge >= 0.3 is 0 Å². The normalized spacial score (nSPS) is 17.4. The van der Waals surface area contributed by atoms with Crippen molar-refractivity contribution in [1.29, 1.82) is 0 Å². The first-order valence-corrected chi connectivity index (χ1v) is 22.3. The highest BCUT2D eigenvalue weighted by Gasteiger charge is 2.44. The number of aryl methyl sites for hydroxylation is 4. The van der Waals surface area contributed by atoms with E-state index in [0.29, 0.717) is 66.5 Å². The number of hydrogen-bond acceptors (Lipinski definition) is 10. The Morgan fingerprint density at radius 3 is 2.51 bits per heavy atom. The molecule has 3 aromatic carbocycles.